The molecule has 2 saturated carbocycles. The van der Waals surface area contributed by atoms with Gasteiger partial charge in [0, 0.05) is 0 Å². The summed E-state index contributed by atoms with van der Waals surface area (Å²) in [6.07, 6.45) is 9.10. The van der Waals surface area contributed by atoms with Crippen LogP contribution in [0.1, 0.15) is 51.4 Å². The van der Waals surface area contributed by atoms with Gasteiger partial charge in [0.1, 0.15) is 5.60 Å². The number of fused-ring (bicyclic) bond motifs is 2. The normalized spacial score (nSPS) is 53.2. The van der Waals surface area contributed by atoms with Gasteiger partial charge < -0.3 is 14.6 Å². The highest BCUT2D eigenvalue weighted by molar-refractivity contribution is 5.83. The van der Waals surface area contributed by atoms with Gasteiger partial charge in [0.05, 0.1) is 12.2 Å². The minimum atomic E-state index is -0.840. The Balaban J connectivity index is 1.52. The molecule has 5 unspecified atom stereocenters. The van der Waals surface area contributed by atoms with Crippen LogP contribution in [0.5, 0.6) is 0 Å². The molecule has 0 spiro atoms. The monoisotopic (exact) mass is 252 g/mol. The molecule has 0 aromatic heterocycles. The van der Waals surface area contributed by atoms with Crippen molar-refractivity contribution in [2.75, 3.05) is 0 Å². The van der Waals surface area contributed by atoms with E-state index in [9.17, 15) is 9.90 Å². The lowest BCUT2D eigenvalue weighted by molar-refractivity contribution is -0.143. The molecule has 5 atom stereocenters. The Morgan fingerprint density at radius 2 is 2.06 bits per heavy atom. The predicted octanol–water partition coefficient (Wildman–Crippen LogP) is 2.11. The lowest BCUT2D eigenvalue weighted by Gasteiger charge is -2.27. The molecule has 4 aliphatic rings. The second-order valence-corrected chi connectivity index (χ2v) is 6.47. The van der Waals surface area contributed by atoms with Crippen molar-refractivity contribution in [3.63, 3.8) is 0 Å². The van der Waals surface area contributed by atoms with E-state index in [-0.39, 0.29) is 5.60 Å². The molecule has 2 aliphatic heterocycles. The van der Waals surface area contributed by atoms with Gasteiger partial charge in [-0.25, -0.2) is 4.79 Å². The van der Waals surface area contributed by atoms with Crippen LogP contribution < -0.4 is 0 Å². The van der Waals surface area contributed by atoms with Gasteiger partial charge in [-0.05, 0) is 44.4 Å². The average molecular weight is 252 g/mol. The number of hydrogen-bond donors (Lipinski definition) is 1. The third-order valence-corrected chi connectivity index (χ3v) is 5.51. The zero-order valence-electron chi connectivity index (χ0n) is 10.6. The summed E-state index contributed by atoms with van der Waals surface area (Å²) in [5.74, 6) is -0.214. The SMILES string of the molecule is O=C(O)C12CCCCC1(CC1CCCC3OC13)O2. The van der Waals surface area contributed by atoms with Crippen LogP contribution in [-0.2, 0) is 14.3 Å². The Labute approximate surface area is 107 Å². The third-order valence-electron chi connectivity index (χ3n) is 5.51. The van der Waals surface area contributed by atoms with Crippen LogP contribution >= 0.6 is 0 Å². The second-order valence-electron chi connectivity index (χ2n) is 6.47. The van der Waals surface area contributed by atoms with E-state index in [1.54, 1.807) is 0 Å². The number of epoxide rings is 2. The van der Waals surface area contributed by atoms with Crippen LogP contribution in [0.15, 0.2) is 0 Å². The fraction of sp³-hybridized carbons (Fsp3) is 0.929. The lowest BCUT2D eigenvalue weighted by Crippen LogP contribution is -2.39. The van der Waals surface area contributed by atoms with Crippen LogP contribution in [0.2, 0.25) is 0 Å². The van der Waals surface area contributed by atoms with Gasteiger partial charge in [-0.3, -0.25) is 0 Å². The van der Waals surface area contributed by atoms with Crippen molar-refractivity contribution in [1.82, 2.24) is 0 Å². The Kier molecular flexibility index (Phi) is 2.17. The molecule has 100 valence electrons. The topological polar surface area (TPSA) is 62.4 Å². The van der Waals surface area contributed by atoms with Gasteiger partial charge in [0.2, 0.25) is 0 Å². The van der Waals surface area contributed by atoms with Crippen molar-refractivity contribution in [2.24, 2.45) is 5.92 Å². The van der Waals surface area contributed by atoms with E-state index in [1.807, 2.05) is 0 Å². The highest BCUT2D eigenvalue weighted by Crippen LogP contribution is 2.62. The molecule has 1 N–H and O–H groups in total. The number of carbonyl (C=O) groups is 1. The summed E-state index contributed by atoms with van der Waals surface area (Å²) >= 11 is 0. The Morgan fingerprint density at radius 3 is 2.89 bits per heavy atom. The molecular formula is C14H20O4. The molecule has 4 rings (SSSR count). The van der Waals surface area contributed by atoms with Crippen molar-refractivity contribution in [2.45, 2.75) is 74.8 Å². The molecule has 4 nitrogen and oxygen atoms in total. The highest BCUT2D eigenvalue weighted by atomic mass is 16.7. The lowest BCUT2D eigenvalue weighted by atomic mass is 9.72. The second kappa shape index (κ2) is 3.48. The van der Waals surface area contributed by atoms with Gasteiger partial charge in [0.15, 0.2) is 5.60 Å². The van der Waals surface area contributed by atoms with Crippen molar-refractivity contribution in [3.8, 4) is 0 Å². The van der Waals surface area contributed by atoms with E-state index in [4.69, 9.17) is 9.47 Å². The van der Waals surface area contributed by atoms with E-state index < -0.39 is 11.6 Å². The standard InChI is InChI=1S/C14H20O4/c15-12(16)14-7-2-1-6-13(14,18-14)8-9-4-3-5-10-11(9)17-10/h9-11H,1-8H2,(H,15,16). The van der Waals surface area contributed by atoms with Crippen molar-refractivity contribution < 1.29 is 19.4 Å². The average Bonchev–Trinajstić information content (AvgIpc) is 3.21. The first kappa shape index (κ1) is 11.2. The molecule has 0 aromatic rings. The molecule has 0 amide bonds. The third kappa shape index (κ3) is 1.36. The highest BCUT2D eigenvalue weighted by Gasteiger charge is 2.75. The maximum atomic E-state index is 11.5. The van der Waals surface area contributed by atoms with Crippen LogP contribution in [0.25, 0.3) is 0 Å². The molecular weight excluding hydrogens is 232 g/mol. The summed E-state index contributed by atoms with van der Waals surface area (Å²) in [7, 11) is 0. The van der Waals surface area contributed by atoms with Gasteiger partial charge in [0.25, 0.3) is 0 Å². The maximum absolute atomic E-state index is 11.5. The smallest absolute Gasteiger partial charge is 0.339 e. The summed E-state index contributed by atoms with van der Waals surface area (Å²) in [6.45, 7) is 0. The van der Waals surface area contributed by atoms with Gasteiger partial charge in [-0.1, -0.05) is 12.8 Å². The summed E-state index contributed by atoms with van der Waals surface area (Å²) in [4.78, 5) is 11.5. The molecule has 0 bridgehead atoms. The number of carboxylic acids is 1. The van der Waals surface area contributed by atoms with Crippen LogP contribution in [0.3, 0.4) is 0 Å². The molecule has 2 saturated heterocycles. The van der Waals surface area contributed by atoms with Crippen molar-refractivity contribution in [1.29, 1.82) is 0 Å². The van der Waals surface area contributed by atoms with Crippen molar-refractivity contribution in [3.05, 3.63) is 0 Å². The first-order valence-electron chi connectivity index (χ1n) is 7.26. The van der Waals surface area contributed by atoms with Crippen LogP contribution in [0, 0.1) is 5.92 Å². The number of ether oxygens (including phenoxy) is 2. The molecule has 4 fully saturated rings. The Hall–Kier alpha value is -0.610. The van der Waals surface area contributed by atoms with Crippen LogP contribution in [0.4, 0.5) is 0 Å². The molecule has 18 heavy (non-hydrogen) atoms. The van der Waals surface area contributed by atoms with E-state index in [1.165, 1.54) is 19.3 Å². The largest absolute Gasteiger partial charge is 0.479 e. The Bertz CT molecular complexity index is 395. The predicted molar refractivity (Wildman–Crippen MR) is 63.3 cm³/mol. The van der Waals surface area contributed by atoms with Gasteiger partial charge in [-0.2, -0.15) is 0 Å². The molecule has 2 heterocycles. The van der Waals surface area contributed by atoms with Crippen LogP contribution in [-0.4, -0.2) is 34.5 Å². The van der Waals surface area contributed by atoms with Gasteiger partial charge in [-0.15, -0.1) is 0 Å². The van der Waals surface area contributed by atoms with E-state index in [0.717, 1.165) is 25.7 Å². The molecule has 0 aromatic carbocycles. The zero-order valence-corrected chi connectivity index (χ0v) is 10.6. The van der Waals surface area contributed by atoms with E-state index in [0.29, 0.717) is 24.5 Å². The van der Waals surface area contributed by atoms with E-state index in [2.05, 4.69) is 0 Å². The molecule has 0 radical (unpaired) electrons. The van der Waals surface area contributed by atoms with E-state index >= 15 is 0 Å². The number of aliphatic carboxylic acids is 1. The quantitative estimate of drug-likeness (QED) is 0.781. The maximum Gasteiger partial charge on any atom is 0.339 e. The summed E-state index contributed by atoms with van der Waals surface area (Å²) < 4.78 is 11.5. The minimum Gasteiger partial charge on any atom is -0.479 e. The first-order chi connectivity index (χ1) is 8.67. The first-order valence-corrected chi connectivity index (χ1v) is 7.26. The number of carboxylic acid groups (broad SMARTS) is 1. The zero-order chi connectivity index (χ0) is 12.4. The number of rotatable bonds is 3. The Morgan fingerprint density at radius 1 is 1.22 bits per heavy atom. The fourth-order valence-electron chi connectivity index (χ4n) is 4.47. The summed E-state index contributed by atoms with van der Waals surface area (Å²) in [6, 6.07) is 0. The number of hydrogen-bond acceptors (Lipinski definition) is 3. The summed E-state index contributed by atoms with van der Waals surface area (Å²) in [5, 5.41) is 9.45. The molecule has 4 heteroatoms. The minimum absolute atomic E-state index is 0.352. The fourth-order valence-corrected chi connectivity index (χ4v) is 4.47. The van der Waals surface area contributed by atoms with Crippen molar-refractivity contribution >= 4 is 5.97 Å². The summed E-state index contributed by atoms with van der Waals surface area (Å²) in [5.41, 5.74) is -1.19. The van der Waals surface area contributed by atoms with Gasteiger partial charge >= 0.3 is 5.97 Å². The molecule has 2 aliphatic carbocycles.